The molecule has 0 spiro atoms. The van der Waals surface area contributed by atoms with E-state index in [0.717, 1.165) is 11.1 Å². The third-order valence-corrected chi connectivity index (χ3v) is 5.33. The molecule has 156 valence electrons. The number of benzene rings is 3. The van der Waals surface area contributed by atoms with Crippen molar-refractivity contribution in [3.8, 4) is 0 Å². The van der Waals surface area contributed by atoms with Crippen molar-refractivity contribution >= 4 is 16.8 Å². The van der Waals surface area contributed by atoms with Gasteiger partial charge in [-0.25, -0.2) is 4.98 Å². The van der Waals surface area contributed by atoms with Crippen molar-refractivity contribution in [1.82, 2.24) is 15.3 Å². The summed E-state index contributed by atoms with van der Waals surface area (Å²) in [6.45, 7) is 2.05. The normalized spacial score (nSPS) is 11.9. The van der Waals surface area contributed by atoms with Crippen LogP contribution in [0.15, 0.2) is 83.7 Å². The second kappa shape index (κ2) is 9.39. The molecule has 4 rings (SSSR count). The highest BCUT2D eigenvalue weighted by Crippen LogP contribution is 2.22. The van der Waals surface area contributed by atoms with Crippen LogP contribution in [0.1, 0.15) is 41.4 Å². The van der Waals surface area contributed by atoms with E-state index in [1.54, 1.807) is 6.07 Å². The van der Waals surface area contributed by atoms with Crippen LogP contribution < -0.4 is 10.9 Å². The van der Waals surface area contributed by atoms with Crippen molar-refractivity contribution in [2.75, 3.05) is 0 Å². The summed E-state index contributed by atoms with van der Waals surface area (Å²) in [6.07, 6.45) is 1.49. The lowest BCUT2D eigenvalue weighted by atomic mass is 9.97. The van der Waals surface area contributed by atoms with Crippen molar-refractivity contribution in [3.63, 3.8) is 0 Å². The molecule has 3 aromatic carbocycles. The molecule has 4 aromatic rings. The Morgan fingerprint density at radius 2 is 1.61 bits per heavy atom. The van der Waals surface area contributed by atoms with Gasteiger partial charge >= 0.3 is 0 Å². The average Bonchev–Trinajstić information content (AvgIpc) is 2.79. The van der Waals surface area contributed by atoms with Crippen LogP contribution in [-0.2, 0) is 11.2 Å². The van der Waals surface area contributed by atoms with E-state index in [4.69, 9.17) is 0 Å². The minimum atomic E-state index is -0.201. The number of nitrogens with zero attached hydrogens (tertiary/aromatic N) is 1. The fourth-order valence-corrected chi connectivity index (χ4v) is 3.67. The maximum atomic E-state index is 12.7. The third-order valence-electron chi connectivity index (χ3n) is 5.33. The van der Waals surface area contributed by atoms with Crippen molar-refractivity contribution < 1.29 is 4.79 Å². The van der Waals surface area contributed by atoms with Gasteiger partial charge in [-0.15, -0.1) is 0 Å². The van der Waals surface area contributed by atoms with Gasteiger partial charge in [0.15, 0.2) is 0 Å². The largest absolute Gasteiger partial charge is 0.345 e. The summed E-state index contributed by atoms with van der Waals surface area (Å²) in [6, 6.07) is 25.2. The summed E-state index contributed by atoms with van der Waals surface area (Å²) in [5, 5.41) is 3.74. The number of amides is 1. The van der Waals surface area contributed by atoms with E-state index >= 15 is 0 Å². The molecule has 5 heteroatoms. The van der Waals surface area contributed by atoms with Crippen molar-refractivity contribution in [3.05, 3.63) is 112 Å². The quantitative estimate of drug-likeness (QED) is 0.471. The topological polar surface area (TPSA) is 74.8 Å². The first-order chi connectivity index (χ1) is 15.1. The van der Waals surface area contributed by atoms with E-state index in [2.05, 4.69) is 39.6 Å². The van der Waals surface area contributed by atoms with E-state index < -0.39 is 0 Å². The van der Waals surface area contributed by atoms with Crippen LogP contribution in [0.4, 0.5) is 0 Å². The Bertz CT molecular complexity index is 1230. The number of carbonyl (C=O) groups excluding carboxylic acids is 1. The highest BCUT2D eigenvalue weighted by atomic mass is 16.1. The number of hydrogen-bond donors (Lipinski definition) is 2. The average molecular weight is 412 g/mol. The van der Waals surface area contributed by atoms with Gasteiger partial charge in [0.05, 0.1) is 16.9 Å². The Kier molecular flexibility index (Phi) is 6.22. The second-order valence-electron chi connectivity index (χ2n) is 7.71. The number of nitrogens with one attached hydrogen (secondary N) is 2. The number of hydrogen-bond acceptors (Lipinski definition) is 3. The van der Waals surface area contributed by atoms with Gasteiger partial charge in [0.25, 0.3) is 5.56 Å². The lowest BCUT2D eigenvalue weighted by Gasteiger charge is -2.20. The zero-order valence-corrected chi connectivity index (χ0v) is 17.5. The monoisotopic (exact) mass is 411 g/mol. The van der Waals surface area contributed by atoms with Gasteiger partial charge in [0.2, 0.25) is 5.91 Å². The van der Waals surface area contributed by atoms with Crippen LogP contribution in [-0.4, -0.2) is 15.9 Å². The summed E-state index contributed by atoms with van der Waals surface area (Å²) in [7, 11) is 0. The van der Waals surface area contributed by atoms with E-state index in [-0.39, 0.29) is 17.5 Å². The molecule has 1 unspecified atom stereocenters. The molecule has 0 aliphatic heterocycles. The number of para-hydroxylation sites is 1. The Morgan fingerprint density at radius 1 is 0.935 bits per heavy atom. The number of rotatable bonds is 7. The molecule has 1 atom stereocenters. The second-order valence-corrected chi connectivity index (χ2v) is 7.71. The SMILES string of the molecule is Cc1ccc(C(NC(=O)CCCc2nc3ccccc3c(=O)[nH]2)c2ccccc2)cc1. The Labute approximate surface area is 181 Å². The first kappa shape index (κ1) is 20.5. The number of H-pyrrole nitrogens is 1. The van der Waals surface area contributed by atoms with Gasteiger partial charge < -0.3 is 10.3 Å². The van der Waals surface area contributed by atoms with Gasteiger partial charge in [-0.3, -0.25) is 9.59 Å². The molecular weight excluding hydrogens is 386 g/mol. The zero-order valence-electron chi connectivity index (χ0n) is 17.5. The molecule has 1 aromatic heterocycles. The molecule has 31 heavy (non-hydrogen) atoms. The standard InChI is InChI=1S/C26H25N3O2/c1-18-14-16-20(17-15-18)25(19-8-3-2-4-9-19)29-24(30)13-7-12-23-27-22-11-6-5-10-21(22)26(31)28-23/h2-6,8-11,14-17,25H,7,12-13H2,1H3,(H,29,30)(H,27,28,31). The molecule has 5 nitrogen and oxygen atoms in total. The maximum Gasteiger partial charge on any atom is 0.258 e. The lowest BCUT2D eigenvalue weighted by Crippen LogP contribution is -2.29. The van der Waals surface area contributed by atoms with Gasteiger partial charge in [-0.1, -0.05) is 72.3 Å². The van der Waals surface area contributed by atoms with E-state index in [9.17, 15) is 9.59 Å². The number of aromatic nitrogens is 2. The fraction of sp³-hybridized carbons (Fsp3) is 0.192. The summed E-state index contributed by atoms with van der Waals surface area (Å²) in [4.78, 5) is 32.3. The Balaban J connectivity index is 1.42. The molecule has 1 heterocycles. The molecule has 0 bridgehead atoms. The summed E-state index contributed by atoms with van der Waals surface area (Å²) in [5.74, 6) is 0.576. The maximum absolute atomic E-state index is 12.7. The Morgan fingerprint density at radius 3 is 2.39 bits per heavy atom. The molecule has 0 aliphatic carbocycles. The fourth-order valence-electron chi connectivity index (χ4n) is 3.67. The molecule has 0 aliphatic rings. The smallest absolute Gasteiger partial charge is 0.258 e. The molecule has 2 N–H and O–H groups in total. The molecule has 0 saturated carbocycles. The van der Waals surface area contributed by atoms with Crippen LogP contribution in [0.2, 0.25) is 0 Å². The van der Waals surface area contributed by atoms with Crippen LogP contribution >= 0.6 is 0 Å². The number of carbonyl (C=O) groups is 1. The van der Waals surface area contributed by atoms with Gasteiger partial charge in [-0.05, 0) is 36.6 Å². The summed E-state index contributed by atoms with van der Waals surface area (Å²) >= 11 is 0. The minimum Gasteiger partial charge on any atom is -0.345 e. The van der Waals surface area contributed by atoms with E-state index in [1.165, 1.54) is 5.56 Å². The van der Waals surface area contributed by atoms with Crippen LogP contribution in [0, 0.1) is 6.92 Å². The lowest BCUT2D eigenvalue weighted by molar-refractivity contribution is -0.121. The van der Waals surface area contributed by atoms with Crippen molar-refractivity contribution in [2.24, 2.45) is 0 Å². The Hall–Kier alpha value is -3.73. The first-order valence-corrected chi connectivity index (χ1v) is 10.5. The highest BCUT2D eigenvalue weighted by molar-refractivity contribution is 5.77. The molecule has 1 amide bonds. The van der Waals surface area contributed by atoms with E-state index in [1.807, 2.05) is 55.5 Å². The van der Waals surface area contributed by atoms with Gasteiger partial charge in [-0.2, -0.15) is 0 Å². The molecular formula is C26H25N3O2. The third kappa shape index (κ3) is 5.07. The van der Waals surface area contributed by atoms with Gasteiger partial charge in [0.1, 0.15) is 5.82 Å². The van der Waals surface area contributed by atoms with Crippen LogP contribution in [0.5, 0.6) is 0 Å². The van der Waals surface area contributed by atoms with Crippen LogP contribution in [0.3, 0.4) is 0 Å². The first-order valence-electron chi connectivity index (χ1n) is 10.5. The molecule has 0 radical (unpaired) electrons. The van der Waals surface area contributed by atoms with Gasteiger partial charge in [0, 0.05) is 12.8 Å². The number of aromatic amines is 1. The molecule has 0 saturated heterocycles. The van der Waals surface area contributed by atoms with E-state index in [0.29, 0.717) is 36.0 Å². The van der Waals surface area contributed by atoms with Crippen molar-refractivity contribution in [2.45, 2.75) is 32.2 Å². The summed E-state index contributed by atoms with van der Waals surface area (Å²) < 4.78 is 0. The molecule has 0 fully saturated rings. The highest BCUT2D eigenvalue weighted by Gasteiger charge is 2.16. The summed E-state index contributed by atoms with van der Waals surface area (Å²) in [5.41, 5.74) is 3.80. The number of fused-ring (bicyclic) bond motifs is 1. The predicted molar refractivity (Wildman–Crippen MR) is 123 cm³/mol. The predicted octanol–water partition coefficient (Wildman–Crippen LogP) is 4.46. The minimum absolute atomic E-state index is 0.0300. The van der Waals surface area contributed by atoms with Crippen LogP contribution in [0.25, 0.3) is 10.9 Å². The zero-order chi connectivity index (χ0) is 21.6. The van der Waals surface area contributed by atoms with Crippen molar-refractivity contribution in [1.29, 1.82) is 0 Å². The number of aryl methyl sites for hydroxylation is 2.